The van der Waals surface area contributed by atoms with Gasteiger partial charge >= 0.3 is 0 Å². The molecular formula is C22H22N2O4S2. The summed E-state index contributed by atoms with van der Waals surface area (Å²) in [5.41, 5.74) is 1.32. The summed E-state index contributed by atoms with van der Waals surface area (Å²) in [7, 11) is 0. The number of carbonyl (C=O) groups excluding carboxylic acids is 3. The fraction of sp³-hybridized carbons (Fsp3) is 0.227. The van der Waals surface area contributed by atoms with Crippen LogP contribution in [0.1, 0.15) is 19.4 Å². The van der Waals surface area contributed by atoms with Crippen LogP contribution in [0.2, 0.25) is 0 Å². The van der Waals surface area contributed by atoms with Gasteiger partial charge in [-0.1, -0.05) is 24.3 Å². The lowest BCUT2D eigenvalue weighted by Crippen LogP contribution is -2.36. The number of rotatable bonds is 7. The Balaban J connectivity index is 1.72. The van der Waals surface area contributed by atoms with Crippen molar-refractivity contribution in [2.75, 3.05) is 18.1 Å². The largest absolute Gasteiger partial charge is 0.490 e. The molecule has 1 N–H and O–H groups in total. The molecule has 6 nitrogen and oxygen atoms in total. The van der Waals surface area contributed by atoms with E-state index < -0.39 is 17.1 Å². The van der Waals surface area contributed by atoms with E-state index >= 15 is 0 Å². The number of hydrogen-bond acceptors (Lipinski definition) is 6. The summed E-state index contributed by atoms with van der Waals surface area (Å²) < 4.78 is 5.76. The van der Waals surface area contributed by atoms with Gasteiger partial charge in [-0.25, -0.2) is 0 Å². The van der Waals surface area contributed by atoms with Gasteiger partial charge in [-0.05, 0) is 62.2 Å². The number of nitrogens with zero attached hydrogens (tertiary/aromatic N) is 1. The van der Waals surface area contributed by atoms with Crippen LogP contribution in [0.25, 0.3) is 6.08 Å². The fourth-order valence-electron chi connectivity index (χ4n) is 2.78. The third kappa shape index (κ3) is 5.46. The minimum atomic E-state index is -0.489. The normalized spacial score (nSPS) is 15.2. The Kier molecular flexibility index (Phi) is 7.23. The van der Waals surface area contributed by atoms with Crippen molar-refractivity contribution in [2.24, 2.45) is 0 Å². The molecule has 1 fully saturated rings. The number of benzene rings is 2. The highest BCUT2D eigenvalue weighted by Crippen LogP contribution is 2.34. The third-order valence-corrected chi connectivity index (χ3v) is 5.73. The summed E-state index contributed by atoms with van der Waals surface area (Å²) in [6.07, 6.45) is 3.54. The van der Waals surface area contributed by atoms with Crippen LogP contribution >= 0.6 is 23.5 Å². The molecule has 3 rings (SSSR count). The molecule has 156 valence electrons. The Hall–Kier alpha value is -2.71. The van der Waals surface area contributed by atoms with Crippen LogP contribution in [0.4, 0.5) is 10.5 Å². The zero-order valence-corrected chi connectivity index (χ0v) is 18.5. The number of nitrogens with one attached hydrogen (secondary N) is 1. The molecule has 1 aliphatic rings. The van der Waals surface area contributed by atoms with Gasteiger partial charge in [0.2, 0.25) is 5.91 Å². The predicted octanol–water partition coefficient (Wildman–Crippen LogP) is 4.87. The van der Waals surface area contributed by atoms with Gasteiger partial charge < -0.3 is 10.1 Å². The molecule has 0 atom stereocenters. The number of ether oxygens (including phenoxy) is 1. The molecule has 0 bridgehead atoms. The van der Waals surface area contributed by atoms with Crippen LogP contribution in [0, 0.1) is 0 Å². The summed E-state index contributed by atoms with van der Waals surface area (Å²) >= 11 is 2.38. The van der Waals surface area contributed by atoms with Gasteiger partial charge in [-0.3, -0.25) is 19.3 Å². The van der Waals surface area contributed by atoms with Gasteiger partial charge in [0.1, 0.15) is 12.3 Å². The topological polar surface area (TPSA) is 75.7 Å². The molecule has 1 saturated heterocycles. The van der Waals surface area contributed by atoms with E-state index in [1.165, 1.54) is 0 Å². The highest BCUT2D eigenvalue weighted by molar-refractivity contribution is 8.18. The molecule has 1 aliphatic heterocycles. The van der Waals surface area contributed by atoms with Crippen molar-refractivity contribution in [1.82, 2.24) is 4.90 Å². The van der Waals surface area contributed by atoms with Crippen molar-refractivity contribution in [3.63, 3.8) is 0 Å². The Morgan fingerprint density at radius 2 is 1.97 bits per heavy atom. The van der Waals surface area contributed by atoms with Crippen molar-refractivity contribution in [1.29, 1.82) is 0 Å². The van der Waals surface area contributed by atoms with E-state index in [0.717, 1.165) is 21.6 Å². The second-order valence-electron chi connectivity index (χ2n) is 6.75. The first kappa shape index (κ1) is 22.0. The summed E-state index contributed by atoms with van der Waals surface area (Å²) in [6, 6.07) is 14.7. The second kappa shape index (κ2) is 9.86. The first-order valence-electron chi connectivity index (χ1n) is 9.32. The smallest absolute Gasteiger partial charge is 0.294 e. The van der Waals surface area contributed by atoms with Crippen LogP contribution in [-0.4, -0.2) is 40.9 Å². The molecule has 3 amide bonds. The summed E-state index contributed by atoms with van der Waals surface area (Å²) in [5, 5.41) is 2.26. The fourth-order valence-corrected chi connectivity index (χ4v) is 4.07. The van der Waals surface area contributed by atoms with E-state index in [-0.39, 0.29) is 17.6 Å². The maximum absolute atomic E-state index is 12.7. The van der Waals surface area contributed by atoms with Gasteiger partial charge in [0, 0.05) is 16.1 Å². The van der Waals surface area contributed by atoms with Crippen molar-refractivity contribution in [3.05, 3.63) is 59.0 Å². The standard InChI is InChI=1S/C22H22N2O4S2/c1-14(2)28-18-10-5-4-7-15(18)11-19-21(26)24(22(27)30-19)13-20(25)23-16-8-6-9-17(12-16)29-3/h4-12,14H,13H2,1-3H3,(H,23,25)/b19-11-. The lowest BCUT2D eigenvalue weighted by molar-refractivity contribution is -0.127. The Morgan fingerprint density at radius 3 is 2.70 bits per heavy atom. The van der Waals surface area contributed by atoms with Crippen molar-refractivity contribution in [2.45, 2.75) is 24.8 Å². The van der Waals surface area contributed by atoms with Crippen molar-refractivity contribution >= 4 is 52.3 Å². The molecule has 8 heteroatoms. The number of para-hydroxylation sites is 1. The molecule has 0 unspecified atom stereocenters. The monoisotopic (exact) mass is 442 g/mol. The summed E-state index contributed by atoms with van der Waals surface area (Å²) in [5.74, 6) is -0.288. The first-order chi connectivity index (χ1) is 14.4. The molecule has 2 aromatic carbocycles. The average molecular weight is 443 g/mol. The number of carbonyl (C=O) groups is 3. The minimum Gasteiger partial charge on any atom is -0.490 e. The molecule has 0 aliphatic carbocycles. The minimum absolute atomic E-state index is 0.0251. The Bertz CT molecular complexity index is 1000. The lowest BCUT2D eigenvalue weighted by Gasteiger charge is -2.13. The Morgan fingerprint density at radius 1 is 1.20 bits per heavy atom. The lowest BCUT2D eigenvalue weighted by atomic mass is 10.2. The molecular weight excluding hydrogens is 420 g/mol. The first-order valence-corrected chi connectivity index (χ1v) is 11.4. The van der Waals surface area contributed by atoms with Crippen LogP contribution < -0.4 is 10.1 Å². The second-order valence-corrected chi connectivity index (χ2v) is 8.63. The van der Waals surface area contributed by atoms with E-state index in [1.54, 1.807) is 23.9 Å². The number of imide groups is 1. The maximum Gasteiger partial charge on any atom is 0.294 e. The van der Waals surface area contributed by atoms with Crippen molar-refractivity contribution in [3.8, 4) is 5.75 Å². The van der Waals surface area contributed by atoms with Crippen LogP contribution in [0.3, 0.4) is 0 Å². The number of anilines is 1. The van der Waals surface area contributed by atoms with Crippen molar-refractivity contribution < 1.29 is 19.1 Å². The number of thioether (sulfide) groups is 2. The molecule has 0 aromatic heterocycles. The molecule has 0 radical (unpaired) electrons. The average Bonchev–Trinajstić information content (AvgIpc) is 2.96. The van der Waals surface area contributed by atoms with Gasteiger partial charge in [-0.15, -0.1) is 11.8 Å². The van der Waals surface area contributed by atoms with Gasteiger partial charge in [0.05, 0.1) is 11.0 Å². The van der Waals surface area contributed by atoms with Crippen LogP contribution in [0.5, 0.6) is 5.75 Å². The quantitative estimate of drug-likeness (QED) is 0.487. The molecule has 30 heavy (non-hydrogen) atoms. The van der Waals surface area contributed by atoms with Gasteiger partial charge in [0.25, 0.3) is 11.1 Å². The Labute approximate surface area is 184 Å². The SMILES string of the molecule is CSc1cccc(NC(=O)CN2C(=O)S/C(=C\c3ccccc3OC(C)C)C2=O)c1. The van der Waals surface area contributed by atoms with E-state index in [9.17, 15) is 14.4 Å². The zero-order chi connectivity index (χ0) is 21.7. The van der Waals surface area contributed by atoms with Gasteiger partial charge in [-0.2, -0.15) is 0 Å². The molecule has 1 heterocycles. The molecule has 2 aromatic rings. The molecule has 0 spiro atoms. The summed E-state index contributed by atoms with van der Waals surface area (Å²) in [4.78, 5) is 39.7. The van der Waals surface area contributed by atoms with Crippen LogP contribution in [0.15, 0.2) is 58.3 Å². The van der Waals surface area contributed by atoms with E-state index in [0.29, 0.717) is 17.0 Å². The number of amides is 3. The predicted molar refractivity (Wildman–Crippen MR) is 122 cm³/mol. The highest BCUT2D eigenvalue weighted by Gasteiger charge is 2.36. The highest BCUT2D eigenvalue weighted by atomic mass is 32.2. The molecule has 0 saturated carbocycles. The third-order valence-electron chi connectivity index (χ3n) is 4.10. The van der Waals surface area contributed by atoms with Crippen LogP contribution in [-0.2, 0) is 9.59 Å². The van der Waals surface area contributed by atoms with E-state index in [1.807, 2.05) is 62.6 Å². The van der Waals surface area contributed by atoms with E-state index in [4.69, 9.17) is 4.74 Å². The van der Waals surface area contributed by atoms with Gasteiger partial charge in [0.15, 0.2) is 0 Å². The zero-order valence-electron chi connectivity index (χ0n) is 16.9. The van der Waals surface area contributed by atoms with E-state index in [2.05, 4.69) is 5.32 Å². The number of hydrogen-bond donors (Lipinski definition) is 1. The maximum atomic E-state index is 12.7. The summed E-state index contributed by atoms with van der Waals surface area (Å²) in [6.45, 7) is 3.49.